The maximum Gasteiger partial charge on any atom is 0.129 e. The smallest absolute Gasteiger partial charge is 0.129 e. The van der Waals surface area contributed by atoms with E-state index in [0.717, 1.165) is 28.3 Å². The van der Waals surface area contributed by atoms with Gasteiger partial charge in [-0.3, -0.25) is 4.68 Å². The first kappa shape index (κ1) is 14.4. The van der Waals surface area contributed by atoms with E-state index >= 15 is 0 Å². The summed E-state index contributed by atoms with van der Waals surface area (Å²) in [6.07, 6.45) is 4.86. The number of aromatic nitrogens is 2. The van der Waals surface area contributed by atoms with Gasteiger partial charge >= 0.3 is 0 Å². The van der Waals surface area contributed by atoms with Crippen LogP contribution in [0.2, 0.25) is 5.02 Å². The summed E-state index contributed by atoms with van der Waals surface area (Å²) in [6, 6.07) is 6.38. The summed E-state index contributed by atoms with van der Waals surface area (Å²) >= 11 is 6.09. The SMILES string of the molecule is CNC1CC(c2cnn(C(C)C)c2)Oc2ccc(Cl)cc21. The van der Waals surface area contributed by atoms with E-state index in [1.807, 2.05) is 36.1 Å². The van der Waals surface area contributed by atoms with E-state index in [2.05, 4.69) is 30.5 Å². The van der Waals surface area contributed by atoms with Crippen molar-refractivity contribution in [2.45, 2.75) is 38.5 Å². The van der Waals surface area contributed by atoms with Crippen LogP contribution in [-0.2, 0) is 0 Å². The molecule has 1 aliphatic heterocycles. The van der Waals surface area contributed by atoms with E-state index in [4.69, 9.17) is 16.3 Å². The van der Waals surface area contributed by atoms with Crippen LogP contribution in [0.15, 0.2) is 30.6 Å². The number of hydrogen-bond acceptors (Lipinski definition) is 3. The van der Waals surface area contributed by atoms with Gasteiger partial charge in [-0.05, 0) is 39.1 Å². The maximum absolute atomic E-state index is 6.15. The van der Waals surface area contributed by atoms with Gasteiger partial charge in [0.05, 0.1) is 6.20 Å². The number of nitrogens with zero attached hydrogens (tertiary/aromatic N) is 2. The first-order valence-corrected chi connectivity index (χ1v) is 7.63. The topological polar surface area (TPSA) is 39.1 Å². The van der Waals surface area contributed by atoms with E-state index in [-0.39, 0.29) is 12.1 Å². The van der Waals surface area contributed by atoms with E-state index < -0.39 is 0 Å². The molecular formula is C16H20ClN3O. The number of halogens is 1. The molecule has 2 aromatic rings. The monoisotopic (exact) mass is 305 g/mol. The van der Waals surface area contributed by atoms with Crippen LogP contribution in [-0.4, -0.2) is 16.8 Å². The van der Waals surface area contributed by atoms with Crippen LogP contribution >= 0.6 is 11.6 Å². The fourth-order valence-electron chi connectivity index (χ4n) is 2.72. The minimum absolute atomic E-state index is 0.0172. The second kappa shape index (κ2) is 5.70. The predicted octanol–water partition coefficient (Wildman–Crippen LogP) is 3.90. The highest BCUT2D eigenvalue weighted by atomic mass is 35.5. The Bertz CT molecular complexity index is 638. The molecule has 21 heavy (non-hydrogen) atoms. The maximum atomic E-state index is 6.15. The van der Waals surface area contributed by atoms with Crippen molar-refractivity contribution < 1.29 is 4.74 Å². The van der Waals surface area contributed by atoms with E-state index in [0.29, 0.717) is 6.04 Å². The van der Waals surface area contributed by atoms with E-state index in [1.54, 1.807) is 0 Å². The highest BCUT2D eigenvalue weighted by Crippen LogP contribution is 2.41. The molecule has 3 rings (SSSR count). The van der Waals surface area contributed by atoms with Crippen molar-refractivity contribution in [1.82, 2.24) is 15.1 Å². The Morgan fingerprint density at radius 1 is 1.43 bits per heavy atom. The molecule has 1 aliphatic rings. The van der Waals surface area contributed by atoms with Crippen molar-refractivity contribution in [2.24, 2.45) is 0 Å². The summed E-state index contributed by atoms with van der Waals surface area (Å²) < 4.78 is 8.11. The lowest BCUT2D eigenvalue weighted by atomic mass is 9.94. The van der Waals surface area contributed by atoms with Crippen molar-refractivity contribution in [2.75, 3.05) is 7.05 Å². The Morgan fingerprint density at radius 3 is 2.90 bits per heavy atom. The van der Waals surface area contributed by atoms with Gasteiger partial charge in [-0.1, -0.05) is 11.6 Å². The van der Waals surface area contributed by atoms with Gasteiger partial charge < -0.3 is 10.1 Å². The lowest BCUT2D eigenvalue weighted by Gasteiger charge is -2.31. The number of nitrogens with one attached hydrogen (secondary N) is 1. The van der Waals surface area contributed by atoms with Crippen molar-refractivity contribution in [3.8, 4) is 5.75 Å². The first-order chi connectivity index (χ1) is 10.1. The van der Waals surface area contributed by atoms with Crippen LogP contribution in [0.3, 0.4) is 0 Å². The zero-order valence-corrected chi connectivity index (χ0v) is 13.3. The number of fused-ring (bicyclic) bond motifs is 1. The van der Waals surface area contributed by atoms with Crippen LogP contribution in [0.5, 0.6) is 5.75 Å². The van der Waals surface area contributed by atoms with Crippen LogP contribution in [0.25, 0.3) is 0 Å². The average Bonchev–Trinajstić information content (AvgIpc) is 2.96. The highest BCUT2D eigenvalue weighted by molar-refractivity contribution is 6.30. The lowest BCUT2D eigenvalue weighted by Crippen LogP contribution is -2.26. The molecule has 2 atom stereocenters. The third-order valence-electron chi connectivity index (χ3n) is 3.94. The van der Waals surface area contributed by atoms with Gasteiger partial charge in [-0.15, -0.1) is 0 Å². The number of benzene rings is 1. The molecule has 0 saturated carbocycles. The Hall–Kier alpha value is -1.52. The summed E-state index contributed by atoms with van der Waals surface area (Å²) in [7, 11) is 1.97. The van der Waals surface area contributed by atoms with Gasteiger partial charge in [-0.2, -0.15) is 5.10 Å². The average molecular weight is 306 g/mol. The Balaban J connectivity index is 1.91. The Morgan fingerprint density at radius 2 is 2.24 bits per heavy atom. The Labute approximate surface area is 130 Å². The fraction of sp³-hybridized carbons (Fsp3) is 0.438. The number of hydrogen-bond donors (Lipinski definition) is 1. The minimum Gasteiger partial charge on any atom is -0.485 e. The lowest BCUT2D eigenvalue weighted by molar-refractivity contribution is 0.154. The van der Waals surface area contributed by atoms with Crippen LogP contribution in [0.1, 0.15) is 49.6 Å². The molecule has 0 spiro atoms. The standard InChI is InChI=1S/C16H20ClN3O/c1-10(2)20-9-11(8-19-20)16-7-14(18-3)13-6-12(17)4-5-15(13)21-16/h4-6,8-10,14,16,18H,7H2,1-3H3. The minimum atomic E-state index is 0.0172. The van der Waals surface area contributed by atoms with Gasteiger partial charge in [0.15, 0.2) is 0 Å². The quantitative estimate of drug-likeness (QED) is 0.934. The molecule has 4 nitrogen and oxygen atoms in total. The van der Waals surface area contributed by atoms with Crippen molar-refractivity contribution >= 4 is 11.6 Å². The molecule has 1 aromatic heterocycles. The second-order valence-corrected chi connectivity index (χ2v) is 6.15. The molecule has 1 aromatic carbocycles. The third-order valence-corrected chi connectivity index (χ3v) is 4.17. The molecule has 0 saturated heterocycles. The molecule has 2 heterocycles. The van der Waals surface area contributed by atoms with Gasteiger partial charge in [0, 0.05) is 40.9 Å². The number of ether oxygens (including phenoxy) is 1. The van der Waals surface area contributed by atoms with E-state index in [1.165, 1.54) is 0 Å². The summed E-state index contributed by atoms with van der Waals surface area (Å²) in [6.45, 7) is 4.23. The zero-order valence-electron chi connectivity index (χ0n) is 12.5. The summed E-state index contributed by atoms with van der Waals surface area (Å²) in [5.74, 6) is 0.896. The molecule has 0 radical (unpaired) electrons. The molecule has 0 aliphatic carbocycles. The molecule has 0 fully saturated rings. The van der Waals surface area contributed by atoms with Gasteiger partial charge in [-0.25, -0.2) is 0 Å². The fourth-order valence-corrected chi connectivity index (χ4v) is 2.90. The molecule has 2 unspecified atom stereocenters. The summed E-state index contributed by atoms with van der Waals surface area (Å²) in [5.41, 5.74) is 2.24. The predicted molar refractivity (Wildman–Crippen MR) is 83.9 cm³/mol. The second-order valence-electron chi connectivity index (χ2n) is 5.71. The summed E-state index contributed by atoms with van der Waals surface area (Å²) in [5, 5.41) is 8.50. The van der Waals surface area contributed by atoms with Gasteiger partial charge in [0.1, 0.15) is 11.9 Å². The highest BCUT2D eigenvalue weighted by Gasteiger charge is 2.29. The van der Waals surface area contributed by atoms with Crippen LogP contribution in [0.4, 0.5) is 0 Å². The largest absolute Gasteiger partial charge is 0.485 e. The summed E-state index contributed by atoms with van der Waals surface area (Å²) in [4.78, 5) is 0. The molecule has 0 amide bonds. The molecule has 1 N–H and O–H groups in total. The zero-order chi connectivity index (χ0) is 15.0. The van der Waals surface area contributed by atoms with Crippen LogP contribution in [0, 0.1) is 0 Å². The number of rotatable bonds is 3. The molecule has 0 bridgehead atoms. The van der Waals surface area contributed by atoms with Gasteiger partial charge in [0.25, 0.3) is 0 Å². The normalized spacial score (nSPS) is 21.2. The van der Waals surface area contributed by atoms with Gasteiger partial charge in [0.2, 0.25) is 0 Å². The van der Waals surface area contributed by atoms with Crippen molar-refractivity contribution in [1.29, 1.82) is 0 Å². The van der Waals surface area contributed by atoms with E-state index in [9.17, 15) is 0 Å². The first-order valence-electron chi connectivity index (χ1n) is 7.26. The van der Waals surface area contributed by atoms with Crippen molar-refractivity contribution in [3.63, 3.8) is 0 Å². The van der Waals surface area contributed by atoms with Crippen molar-refractivity contribution in [3.05, 3.63) is 46.7 Å². The molecular weight excluding hydrogens is 286 g/mol. The van der Waals surface area contributed by atoms with Crippen LogP contribution < -0.4 is 10.1 Å². The third kappa shape index (κ3) is 2.78. The Kier molecular flexibility index (Phi) is 3.91. The molecule has 112 valence electrons. The molecule has 5 heteroatoms.